The number of carbonyl (C=O) groups excluding carboxylic acids is 1. The molecule has 2 aromatic heterocycles. The number of carbonyl (C=O) groups is 1. The van der Waals surface area contributed by atoms with Crippen molar-refractivity contribution in [3.05, 3.63) is 47.3 Å². The van der Waals surface area contributed by atoms with Gasteiger partial charge in [0.25, 0.3) is 0 Å². The van der Waals surface area contributed by atoms with Gasteiger partial charge in [0.1, 0.15) is 17.2 Å². The molecule has 136 valence electrons. The van der Waals surface area contributed by atoms with E-state index in [9.17, 15) is 9.90 Å². The van der Waals surface area contributed by atoms with Crippen molar-refractivity contribution < 1.29 is 14.4 Å². The van der Waals surface area contributed by atoms with Crippen molar-refractivity contribution in [1.82, 2.24) is 9.61 Å². The first-order valence-corrected chi connectivity index (χ1v) is 8.55. The molecule has 0 atom stereocenters. The molecular weight excluding hydrogens is 354 g/mol. The standard InChI is InChI=1S/C18H20ClN5O2/c1-24(2,3)9-7-20-18-17(14-6-4-5-8-23(14)22-18)21-13-10-12(19)15(25)11-16(13)26/h4-6,8,10-11H,7,9H2,1-3H3,(H-,20,22,25,26)/p+1. The Morgan fingerprint density at radius 3 is 2.81 bits per heavy atom. The molecule has 8 heteroatoms. The molecule has 0 fully saturated rings. The van der Waals surface area contributed by atoms with E-state index < -0.39 is 5.78 Å². The van der Waals surface area contributed by atoms with Crippen molar-refractivity contribution in [2.24, 2.45) is 4.99 Å². The summed E-state index contributed by atoms with van der Waals surface area (Å²) >= 11 is 5.93. The van der Waals surface area contributed by atoms with Crippen molar-refractivity contribution >= 4 is 40.1 Å². The van der Waals surface area contributed by atoms with Crippen LogP contribution in [0.15, 0.2) is 52.3 Å². The molecule has 0 amide bonds. The SMILES string of the molecule is C[N+](C)(C)CCNc1nn2ccccc2c1N=C1C=C(Cl)C(O)=CC1=O. The predicted molar refractivity (Wildman–Crippen MR) is 103 cm³/mol. The van der Waals surface area contributed by atoms with Crippen LogP contribution < -0.4 is 5.32 Å². The van der Waals surface area contributed by atoms with Crippen LogP contribution in [0.3, 0.4) is 0 Å². The summed E-state index contributed by atoms with van der Waals surface area (Å²) in [6.45, 7) is 1.60. The zero-order chi connectivity index (χ0) is 18.9. The van der Waals surface area contributed by atoms with Crippen LogP contribution in [0.5, 0.6) is 0 Å². The normalized spacial score (nSPS) is 16.8. The number of quaternary nitrogens is 1. The fraction of sp³-hybridized carbons (Fsp3) is 0.278. The van der Waals surface area contributed by atoms with Crippen LogP contribution in [0.2, 0.25) is 0 Å². The number of ketones is 1. The van der Waals surface area contributed by atoms with Gasteiger partial charge in [-0.2, -0.15) is 0 Å². The lowest BCUT2D eigenvalue weighted by Gasteiger charge is -2.23. The Kier molecular flexibility index (Phi) is 4.84. The molecule has 1 aliphatic rings. The molecule has 0 aliphatic heterocycles. The van der Waals surface area contributed by atoms with Gasteiger partial charge in [0.2, 0.25) is 5.78 Å². The highest BCUT2D eigenvalue weighted by Crippen LogP contribution is 2.31. The van der Waals surface area contributed by atoms with Gasteiger partial charge in [-0.25, -0.2) is 9.51 Å². The summed E-state index contributed by atoms with van der Waals surface area (Å²) in [5.74, 6) is -0.0653. The monoisotopic (exact) mass is 374 g/mol. The molecular formula is C18H21ClN5O2+. The van der Waals surface area contributed by atoms with Crippen LogP contribution in [0.4, 0.5) is 11.5 Å². The van der Waals surface area contributed by atoms with Crippen molar-refractivity contribution in [3.8, 4) is 0 Å². The zero-order valence-electron chi connectivity index (χ0n) is 14.9. The third kappa shape index (κ3) is 3.95. The summed E-state index contributed by atoms with van der Waals surface area (Å²) in [7, 11) is 6.33. The third-order valence-corrected chi connectivity index (χ3v) is 4.15. The van der Waals surface area contributed by atoms with Gasteiger partial charge in [0, 0.05) is 12.3 Å². The number of aromatic nitrogens is 2. The Morgan fingerprint density at radius 1 is 1.31 bits per heavy atom. The number of nitrogens with zero attached hydrogens (tertiary/aromatic N) is 4. The second kappa shape index (κ2) is 6.93. The number of anilines is 1. The van der Waals surface area contributed by atoms with Gasteiger partial charge in [0.05, 0.1) is 44.8 Å². The number of hydrogen-bond donors (Lipinski definition) is 2. The average Bonchev–Trinajstić information content (AvgIpc) is 2.89. The number of aliphatic hydroxyl groups excluding tert-OH is 1. The van der Waals surface area contributed by atoms with E-state index in [-0.39, 0.29) is 16.5 Å². The molecule has 0 unspecified atom stereocenters. The van der Waals surface area contributed by atoms with E-state index >= 15 is 0 Å². The lowest BCUT2D eigenvalue weighted by Crippen LogP contribution is -2.38. The number of rotatable bonds is 5. The summed E-state index contributed by atoms with van der Waals surface area (Å²) in [4.78, 5) is 16.6. The van der Waals surface area contributed by atoms with Crippen LogP contribution in [-0.4, -0.2) is 64.9 Å². The quantitative estimate of drug-likeness (QED) is 0.623. The van der Waals surface area contributed by atoms with E-state index in [0.717, 1.165) is 22.6 Å². The maximum atomic E-state index is 12.1. The van der Waals surface area contributed by atoms with E-state index in [4.69, 9.17) is 11.6 Å². The summed E-state index contributed by atoms with van der Waals surface area (Å²) in [6, 6.07) is 5.63. The lowest BCUT2D eigenvalue weighted by molar-refractivity contribution is -0.868. The topological polar surface area (TPSA) is 79.0 Å². The molecule has 1 aliphatic carbocycles. The molecule has 2 aromatic rings. The highest BCUT2D eigenvalue weighted by Gasteiger charge is 2.20. The highest BCUT2D eigenvalue weighted by molar-refractivity contribution is 6.52. The Balaban J connectivity index is 2.00. The first kappa shape index (κ1) is 18.2. The number of nitrogens with one attached hydrogen (secondary N) is 1. The molecule has 7 nitrogen and oxygen atoms in total. The van der Waals surface area contributed by atoms with E-state index in [0.29, 0.717) is 18.1 Å². The second-order valence-corrected chi connectivity index (χ2v) is 7.46. The largest absolute Gasteiger partial charge is 0.506 e. The van der Waals surface area contributed by atoms with Crippen LogP contribution in [0, 0.1) is 0 Å². The fourth-order valence-corrected chi connectivity index (χ4v) is 2.62. The number of aliphatic imine (C=N–C) groups is 1. The Bertz CT molecular complexity index is 950. The summed E-state index contributed by atoms with van der Waals surface area (Å²) < 4.78 is 2.52. The summed E-state index contributed by atoms with van der Waals surface area (Å²) in [5.41, 5.74) is 1.48. The molecule has 0 saturated heterocycles. The van der Waals surface area contributed by atoms with Crippen molar-refractivity contribution in [2.75, 3.05) is 39.5 Å². The Morgan fingerprint density at radius 2 is 2.08 bits per heavy atom. The van der Waals surface area contributed by atoms with E-state index in [1.807, 2.05) is 24.4 Å². The van der Waals surface area contributed by atoms with Crippen molar-refractivity contribution in [1.29, 1.82) is 0 Å². The average molecular weight is 375 g/mol. The van der Waals surface area contributed by atoms with E-state index in [1.54, 1.807) is 4.52 Å². The molecule has 0 saturated carbocycles. The zero-order valence-corrected chi connectivity index (χ0v) is 15.7. The molecule has 0 spiro atoms. The van der Waals surface area contributed by atoms with Crippen LogP contribution in [0.1, 0.15) is 0 Å². The minimum atomic E-state index is -0.403. The Hall–Kier alpha value is -2.64. The van der Waals surface area contributed by atoms with Crippen LogP contribution in [0.25, 0.3) is 5.52 Å². The van der Waals surface area contributed by atoms with Crippen molar-refractivity contribution in [3.63, 3.8) is 0 Å². The fourth-order valence-electron chi connectivity index (χ4n) is 2.46. The molecule has 2 heterocycles. The maximum Gasteiger partial charge on any atom is 0.207 e. The number of likely N-dealkylation sites (N-methyl/N-ethyl adjacent to an activating group) is 1. The number of hydrogen-bond acceptors (Lipinski definition) is 5. The number of fused-ring (bicyclic) bond motifs is 1. The Labute approximate surface area is 156 Å². The molecule has 26 heavy (non-hydrogen) atoms. The summed E-state index contributed by atoms with van der Waals surface area (Å²) in [6.07, 6.45) is 4.25. The predicted octanol–water partition coefficient (Wildman–Crippen LogP) is 2.67. The number of allylic oxidation sites excluding steroid dienone is 3. The van der Waals surface area contributed by atoms with E-state index in [1.165, 1.54) is 6.08 Å². The van der Waals surface area contributed by atoms with E-state index in [2.05, 4.69) is 36.6 Å². The summed E-state index contributed by atoms with van der Waals surface area (Å²) in [5, 5.41) is 17.5. The van der Waals surface area contributed by atoms with Crippen LogP contribution in [-0.2, 0) is 4.79 Å². The number of halogens is 1. The third-order valence-electron chi connectivity index (χ3n) is 3.85. The minimum Gasteiger partial charge on any atom is -0.506 e. The van der Waals surface area contributed by atoms with Crippen molar-refractivity contribution in [2.45, 2.75) is 0 Å². The minimum absolute atomic E-state index is 0.0827. The lowest BCUT2D eigenvalue weighted by atomic mass is 10.1. The van der Waals surface area contributed by atoms with Gasteiger partial charge >= 0.3 is 0 Å². The van der Waals surface area contributed by atoms with Gasteiger partial charge in [-0.05, 0) is 18.2 Å². The van der Waals surface area contributed by atoms with Crippen LogP contribution >= 0.6 is 11.6 Å². The second-order valence-electron chi connectivity index (χ2n) is 7.05. The van der Waals surface area contributed by atoms with Gasteiger partial charge in [-0.15, -0.1) is 5.10 Å². The number of pyridine rings is 1. The molecule has 0 bridgehead atoms. The van der Waals surface area contributed by atoms with Gasteiger partial charge in [-0.3, -0.25) is 4.79 Å². The number of aliphatic hydroxyl groups is 1. The van der Waals surface area contributed by atoms with Gasteiger partial charge < -0.3 is 14.9 Å². The molecule has 3 rings (SSSR count). The molecule has 0 aromatic carbocycles. The van der Waals surface area contributed by atoms with Gasteiger partial charge in [0.15, 0.2) is 5.82 Å². The maximum absolute atomic E-state index is 12.1. The highest BCUT2D eigenvalue weighted by atomic mass is 35.5. The first-order valence-electron chi connectivity index (χ1n) is 8.17. The molecule has 0 radical (unpaired) electrons. The van der Waals surface area contributed by atoms with Gasteiger partial charge in [-0.1, -0.05) is 17.7 Å². The molecule has 2 N–H and O–H groups in total. The first-order chi connectivity index (χ1) is 12.2. The smallest absolute Gasteiger partial charge is 0.207 e.